The molecule has 0 aromatic rings. The van der Waals surface area contributed by atoms with Gasteiger partial charge in [-0.1, -0.05) is 0 Å². The van der Waals surface area contributed by atoms with Gasteiger partial charge in [0.2, 0.25) is 0 Å². The highest BCUT2D eigenvalue weighted by atomic mass is 19.1. The van der Waals surface area contributed by atoms with Crippen LogP contribution in [0.1, 0.15) is 41.5 Å². The van der Waals surface area contributed by atoms with Crippen molar-refractivity contribution in [3.63, 3.8) is 0 Å². The molecule has 0 aromatic carbocycles. The van der Waals surface area contributed by atoms with Crippen molar-refractivity contribution in [1.82, 2.24) is 5.32 Å². The van der Waals surface area contributed by atoms with Crippen molar-refractivity contribution < 1.29 is 18.7 Å². The fourth-order valence-electron chi connectivity index (χ4n) is 0.834. The van der Waals surface area contributed by atoms with Crippen molar-refractivity contribution in [2.24, 2.45) is 0 Å². The quantitative estimate of drug-likeness (QED) is 0.760. The van der Waals surface area contributed by atoms with Crippen molar-refractivity contribution in [1.29, 1.82) is 0 Å². The van der Waals surface area contributed by atoms with E-state index in [-0.39, 0.29) is 0 Å². The van der Waals surface area contributed by atoms with Gasteiger partial charge in [-0.3, -0.25) is 0 Å². The smallest absolute Gasteiger partial charge is 0.408 e. The number of nitrogens with one attached hydrogen (secondary N) is 1. The van der Waals surface area contributed by atoms with E-state index in [1.807, 2.05) is 0 Å². The molecule has 0 saturated heterocycles. The lowest BCUT2D eigenvalue weighted by atomic mass is 9.87. The summed E-state index contributed by atoms with van der Waals surface area (Å²) in [6, 6.07) is 0. The Morgan fingerprint density at radius 3 is 1.88 bits per heavy atom. The molecule has 1 N–H and O–H groups in total. The Morgan fingerprint density at radius 2 is 1.62 bits per heavy atom. The molecule has 0 aliphatic rings. The highest BCUT2D eigenvalue weighted by Gasteiger charge is 2.43. The minimum atomic E-state index is -1.87. The molecule has 0 rings (SSSR count). The Balaban J connectivity index is 4.70. The summed E-state index contributed by atoms with van der Waals surface area (Å²) in [5.41, 5.74) is -4.16. The van der Waals surface area contributed by atoms with Crippen LogP contribution in [0.4, 0.5) is 9.18 Å². The van der Waals surface area contributed by atoms with Gasteiger partial charge < -0.3 is 14.8 Å². The van der Waals surface area contributed by atoms with E-state index in [1.165, 1.54) is 20.8 Å². The van der Waals surface area contributed by atoms with Gasteiger partial charge in [0.15, 0.2) is 0 Å². The summed E-state index contributed by atoms with van der Waals surface area (Å²) in [5.74, 6) is 0. The average Bonchev–Trinajstić information content (AvgIpc) is 1.97. The highest BCUT2D eigenvalue weighted by Crippen LogP contribution is 2.24. The summed E-state index contributed by atoms with van der Waals surface area (Å²) in [7, 11) is 0. The molecule has 0 aliphatic carbocycles. The van der Waals surface area contributed by atoms with E-state index >= 15 is 0 Å². The molecule has 94 valence electrons. The van der Waals surface area contributed by atoms with E-state index in [2.05, 4.69) is 5.32 Å². The third-order valence-corrected chi connectivity index (χ3v) is 2.23. The minimum Gasteiger partial charge on any atom is -0.444 e. The molecule has 0 radical (unpaired) electrons. The first-order chi connectivity index (χ1) is 6.91. The predicted molar refractivity (Wildman–Crippen MR) is 59.0 cm³/mol. The summed E-state index contributed by atoms with van der Waals surface area (Å²) in [4.78, 5) is 22.3. The number of hydrogen-bond acceptors (Lipinski definition) is 3. The molecule has 1 amide bonds. The number of halogens is 1. The zero-order valence-corrected chi connectivity index (χ0v) is 10.7. The van der Waals surface area contributed by atoms with Crippen molar-refractivity contribution in [3.05, 3.63) is 0 Å². The summed E-state index contributed by atoms with van der Waals surface area (Å²) in [6.45, 7) is 8.81. The summed E-state index contributed by atoms with van der Waals surface area (Å²) in [5, 5.41) is 2.24. The first kappa shape index (κ1) is 14.9. The first-order valence-electron chi connectivity index (χ1n) is 5.08. The molecule has 0 fully saturated rings. The lowest BCUT2D eigenvalue weighted by molar-refractivity contribution is -0.117. The van der Waals surface area contributed by atoms with Crippen LogP contribution in [0.5, 0.6) is 0 Å². The van der Waals surface area contributed by atoms with E-state index in [4.69, 9.17) is 4.74 Å². The van der Waals surface area contributed by atoms with E-state index in [1.54, 1.807) is 20.8 Å². The van der Waals surface area contributed by atoms with Crippen LogP contribution in [0.3, 0.4) is 0 Å². The number of alkyl halides is 1. The average molecular weight is 233 g/mol. The van der Waals surface area contributed by atoms with Gasteiger partial charge in [0.05, 0.1) is 0 Å². The van der Waals surface area contributed by atoms with Crippen LogP contribution in [-0.2, 0) is 9.53 Å². The Morgan fingerprint density at radius 1 is 1.19 bits per heavy atom. The maximum Gasteiger partial charge on any atom is 0.408 e. The molecule has 16 heavy (non-hydrogen) atoms. The number of alkyl carbamates (subject to hydrolysis) is 1. The van der Waals surface area contributed by atoms with Crippen molar-refractivity contribution >= 4 is 12.4 Å². The molecule has 4 nitrogen and oxygen atoms in total. The van der Waals surface area contributed by atoms with E-state index in [9.17, 15) is 14.0 Å². The van der Waals surface area contributed by atoms with Crippen LogP contribution in [0, 0.1) is 0 Å². The fraction of sp³-hybridized carbons (Fsp3) is 0.818. The van der Waals surface area contributed by atoms with E-state index in [0.29, 0.717) is 6.29 Å². The second kappa shape index (κ2) is 4.39. The molecular weight excluding hydrogens is 213 g/mol. The molecule has 0 aromatic heterocycles. The number of rotatable bonds is 3. The van der Waals surface area contributed by atoms with Crippen molar-refractivity contribution in [3.8, 4) is 0 Å². The van der Waals surface area contributed by atoms with Crippen LogP contribution in [0.25, 0.3) is 0 Å². The second-order valence-electron chi connectivity index (χ2n) is 5.42. The Hall–Kier alpha value is -1.13. The number of amides is 1. The highest BCUT2D eigenvalue weighted by molar-refractivity contribution is 5.77. The molecule has 0 bridgehead atoms. The monoisotopic (exact) mass is 233 g/mol. The van der Waals surface area contributed by atoms with Crippen LogP contribution < -0.4 is 5.32 Å². The van der Waals surface area contributed by atoms with Crippen LogP contribution in [0.2, 0.25) is 0 Å². The lowest BCUT2D eigenvalue weighted by Gasteiger charge is -2.34. The molecule has 0 aliphatic heterocycles. The largest absolute Gasteiger partial charge is 0.444 e. The van der Waals surface area contributed by atoms with Gasteiger partial charge in [-0.25, -0.2) is 9.18 Å². The second-order valence-corrected chi connectivity index (χ2v) is 5.42. The lowest BCUT2D eigenvalue weighted by Crippen LogP contribution is -2.59. The van der Waals surface area contributed by atoms with Gasteiger partial charge in [0, 0.05) is 0 Å². The Bertz CT molecular complexity index is 278. The summed E-state index contributed by atoms with van der Waals surface area (Å²) in [6.07, 6.45) is -0.440. The van der Waals surface area contributed by atoms with Crippen LogP contribution in [-0.4, -0.2) is 29.2 Å². The molecule has 1 atom stereocenters. The summed E-state index contributed by atoms with van der Waals surface area (Å²) >= 11 is 0. The number of ether oxygens (including phenoxy) is 1. The van der Waals surface area contributed by atoms with Crippen molar-refractivity contribution in [2.75, 3.05) is 0 Å². The summed E-state index contributed by atoms with van der Waals surface area (Å²) < 4.78 is 18.7. The van der Waals surface area contributed by atoms with Gasteiger partial charge in [-0.05, 0) is 41.5 Å². The molecule has 1 unspecified atom stereocenters. The third-order valence-electron chi connectivity index (χ3n) is 2.23. The number of aldehydes is 1. The number of carbonyl (C=O) groups is 2. The van der Waals surface area contributed by atoms with Gasteiger partial charge in [-0.15, -0.1) is 0 Å². The standard InChI is InChI=1S/C11H20FNO3/c1-9(2,3)16-8(15)13-11(6,7-14)10(4,5)12/h7H,1-6H3,(H,13,15). The molecule has 0 saturated carbocycles. The maximum atomic E-state index is 13.7. The van der Waals surface area contributed by atoms with Gasteiger partial charge >= 0.3 is 6.09 Å². The molecule has 5 heteroatoms. The van der Waals surface area contributed by atoms with Gasteiger partial charge in [-0.2, -0.15) is 0 Å². The Kier molecular flexibility index (Phi) is 4.08. The van der Waals surface area contributed by atoms with Crippen molar-refractivity contribution in [2.45, 2.75) is 58.4 Å². The third kappa shape index (κ3) is 4.16. The zero-order valence-electron chi connectivity index (χ0n) is 10.7. The molecule has 0 heterocycles. The maximum absolute atomic E-state index is 13.7. The number of carbonyl (C=O) groups excluding carboxylic acids is 2. The zero-order chi connectivity index (χ0) is 13.2. The molecular formula is C11H20FNO3. The predicted octanol–water partition coefficient (Wildman–Crippen LogP) is 2.22. The first-order valence-corrected chi connectivity index (χ1v) is 5.08. The topological polar surface area (TPSA) is 55.4 Å². The normalized spacial score (nSPS) is 16.2. The van der Waals surface area contributed by atoms with Gasteiger partial charge in [0.1, 0.15) is 23.1 Å². The fourth-order valence-corrected chi connectivity index (χ4v) is 0.834. The SMILES string of the molecule is CC(C)(C)OC(=O)NC(C)(C=O)C(C)(C)F. The van der Waals surface area contributed by atoms with Crippen LogP contribution in [0.15, 0.2) is 0 Å². The number of hydrogen-bond donors (Lipinski definition) is 1. The van der Waals surface area contributed by atoms with E-state index in [0.717, 1.165) is 0 Å². The van der Waals surface area contributed by atoms with Gasteiger partial charge in [0.25, 0.3) is 0 Å². The van der Waals surface area contributed by atoms with Crippen LogP contribution >= 0.6 is 0 Å². The minimum absolute atomic E-state index is 0.372. The Labute approximate surface area is 95.5 Å². The molecule has 0 spiro atoms. The van der Waals surface area contributed by atoms with E-state index < -0.39 is 22.9 Å².